The summed E-state index contributed by atoms with van der Waals surface area (Å²) in [5, 5.41) is 0. The maximum atomic E-state index is 5.65. The highest BCUT2D eigenvalue weighted by Crippen LogP contribution is 2.22. The van der Waals surface area contributed by atoms with Crippen molar-refractivity contribution in [1.29, 1.82) is 0 Å². The van der Waals surface area contributed by atoms with Gasteiger partial charge in [-0.1, -0.05) is 18.2 Å². The average molecular weight is 264 g/mol. The molecule has 1 aromatic rings. The van der Waals surface area contributed by atoms with Gasteiger partial charge in [0, 0.05) is 25.9 Å². The van der Waals surface area contributed by atoms with Gasteiger partial charge in [0.15, 0.2) is 0 Å². The molecule has 0 atom stereocenters. The molecule has 108 valence electrons. The van der Waals surface area contributed by atoms with Crippen molar-refractivity contribution in [2.45, 2.75) is 39.2 Å². The third-order valence-corrected chi connectivity index (χ3v) is 3.62. The first-order chi connectivity index (χ1) is 9.00. The van der Waals surface area contributed by atoms with Crippen molar-refractivity contribution in [1.82, 2.24) is 0 Å². The lowest BCUT2D eigenvalue weighted by Crippen LogP contribution is -2.34. The number of hydrogen-bond donors (Lipinski definition) is 1. The van der Waals surface area contributed by atoms with Gasteiger partial charge in [0.2, 0.25) is 0 Å². The molecular formula is C16H28N2O. The van der Waals surface area contributed by atoms with Crippen LogP contribution in [0.1, 0.15) is 32.3 Å². The summed E-state index contributed by atoms with van der Waals surface area (Å²) in [6.07, 6.45) is 2.02. The van der Waals surface area contributed by atoms with E-state index in [4.69, 9.17) is 10.5 Å². The van der Waals surface area contributed by atoms with Crippen LogP contribution in [0.2, 0.25) is 0 Å². The van der Waals surface area contributed by atoms with Gasteiger partial charge >= 0.3 is 0 Å². The number of benzene rings is 1. The first kappa shape index (κ1) is 16.0. The van der Waals surface area contributed by atoms with E-state index in [1.807, 2.05) is 0 Å². The number of para-hydroxylation sites is 1. The van der Waals surface area contributed by atoms with Crippen molar-refractivity contribution in [2.75, 3.05) is 31.6 Å². The molecule has 0 spiro atoms. The van der Waals surface area contributed by atoms with Gasteiger partial charge in [0.1, 0.15) is 0 Å². The monoisotopic (exact) mass is 264 g/mol. The molecule has 0 aliphatic rings. The molecule has 0 aliphatic carbocycles. The Morgan fingerprint density at radius 2 is 1.89 bits per heavy atom. The van der Waals surface area contributed by atoms with Crippen molar-refractivity contribution < 1.29 is 4.74 Å². The van der Waals surface area contributed by atoms with Gasteiger partial charge in [-0.2, -0.15) is 0 Å². The van der Waals surface area contributed by atoms with Crippen molar-refractivity contribution >= 4 is 5.69 Å². The summed E-state index contributed by atoms with van der Waals surface area (Å²) in [6, 6.07) is 8.52. The topological polar surface area (TPSA) is 38.5 Å². The Morgan fingerprint density at radius 1 is 1.21 bits per heavy atom. The molecular weight excluding hydrogens is 236 g/mol. The number of rotatable bonds is 8. The average Bonchev–Trinajstić information content (AvgIpc) is 2.40. The Morgan fingerprint density at radius 3 is 2.47 bits per heavy atom. The molecule has 0 fully saturated rings. The maximum Gasteiger partial charge on any atom is 0.0639 e. The van der Waals surface area contributed by atoms with E-state index in [2.05, 4.69) is 49.9 Å². The van der Waals surface area contributed by atoms with Crippen LogP contribution in [0.15, 0.2) is 24.3 Å². The van der Waals surface area contributed by atoms with E-state index >= 15 is 0 Å². The van der Waals surface area contributed by atoms with E-state index in [0.29, 0.717) is 0 Å². The summed E-state index contributed by atoms with van der Waals surface area (Å²) in [7, 11) is 1.78. The zero-order chi connectivity index (χ0) is 14.3. The summed E-state index contributed by atoms with van der Waals surface area (Å²) in [4.78, 5) is 2.42. The van der Waals surface area contributed by atoms with Crippen molar-refractivity contribution in [3.8, 4) is 0 Å². The summed E-state index contributed by atoms with van der Waals surface area (Å²) >= 11 is 0. The Kier molecular flexibility index (Phi) is 6.32. The second-order valence-electron chi connectivity index (χ2n) is 5.63. The third-order valence-electron chi connectivity index (χ3n) is 3.62. The van der Waals surface area contributed by atoms with Crippen LogP contribution >= 0.6 is 0 Å². The second-order valence-corrected chi connectivity index (χ2v) is 5.63. The van der Waals surface area contributed by atoms with Crippen LogP contribution in [0.25, 0.3) is 0 Å². The minimum Gasteiger partial charge on any atom is -0.379 e. The van der Waals surface area contributed by atoms with Gasteiger partial charge in [-0.3, -0.25) is 0 Å². The molecule has 0 amide bonds. The van der Waals surface area contributed by atoms with Crippen molar-refractivity contribution in [2.24, 2.45) is 5.73 Å². The number of anilines is 1. The van der Waals surface area contributed by atoms with E-state index in [0.717, 1.165) is 32.5 Å². The fraction of sp³-hybridized carbons (Fsp3) is 0.625. The largest absolute Gasteiger partial charge is 0.379 e. The lowest BCUT2D eigenvalue weighted by molar-refractivity contribution is 0.0172. The van der Waals surface area contributed by atoms with Gasteiger partial charge in [-0.15, -0.1) is 0 Å². The quantitative estimate of drug-likeness (QED) is 0.784. The third kappa shape index (κ3) is 5.21. The first-order valence-electron chi connectivity index (χ1n) is 7.06. The van der Waals surface area contributed by atoms with E-state index in [1.54, 1.807) is 7.11 Å². The van der Waals surface area contributed by atoms with Crippen LogP contribution < -0.4 is 10.6 Å². The van der Waals surface area contributed by atoms with Gasteiger partial charge in [0.05, 0.1) is 5.60 Å². The van der Waals surface area contributed by atoms with E-state index < -0.39 is 0 Å². The summed E-state index contributed by atoms with van der Waals surface area (Å²) < 4.78 is 5.51. The number of methoxy groups -OCH3 is 1. The van der Waals surface area contributed by atoms with Crippen LogP contribution in [0, 0.1) is 6.92 Å². The molecule has 0 saturated heterocycles. The highest BCUT2D eigenvalue weighted by molar-refractivity contribution is 5.52. The molecule has 0 aromatic heterocycles. The predicted octanol–water partition coefficient (Wildman–Crippen LogP) is 2.97. The molecule has 2 N–H and O–H groups in total. The Bertz CT molecular complexity index is 377. The molecule has 0 unspecified atom stereocenters. The lowest BCUT2D eigenvalue weighted by atomic mass is 10.0. The lowest BCUT2D eigenvalue weighted by Gasteiger charge is -2.31. The van der Waals surface area contributed by atoms with Crippen LogP contribution in [0.5, 0.6) is 0 Å². The SMILES string of the molecule is COC(C)(C)CCN(CCCN)c1ccccc1C. The van der Waals surface area contributed by atoms with E-state index in [9.17, 15) is 0 Å². The molecule has 3 heteroatoms. The molecule has 3 nitrogen and oxygen atoms in total. The second kappa shape index (κ2) is 7.51. The Hall–Kier alpha value is -1.06. The predicted molar refractivity (Wildman–Crippen MR) is 82.8 cm³/mol. The summed E-state index contributed by atoms with van der Waals surface area (Å²) in [5.41, 5.74) is 8.19. The normalized spacial score (nSPS) is 11.6. The smallest absolute Gasteiger partial charge is 0.0639 e. The minimum atomic E-state index is -0.0797. The standard InChI is InChI=1S/C16H28N2O/c1-14-8-5-6-9-15(14)18(12-7-11-17)13-10-16(2,3)19-4/h5-6,8-9H,7,10-13,17H2,1-4H3. The fourth-order valence-electron chi connectivity index (χ4n) is 2.06. The van der Waals surface area contributed by atoms with Gasteiger partial charge < -0.3 is 15.4 Å². The van der Waals surface area contributed by atoms with Gasteiger partial charge in [0.25, 0.3) is 0 Å². The van der Waals surface area contributed by atoms with E-state index in [1.165, 1.54) is 11.3 Å². The van der Waals surface area contributed by atoms with Gasteiger partial charge in [-0.05, 0) is 51.8 Å². The van der Waals surface area contributed by atoms with Crippen LogP contribution in [-0.4, -0.2) is 32.3 Å². The number of ether oxygens (including phenoxy) is 1. The maximum absolute atomic E-state index is 5.65. The number of aryl methyl sites for hydroxylation is 1. The molecule has 0 aliphatic heterocycles. The zero-order valence-electron chi connectivity index (χ0n) is 12.8. The molecule has 0 bridgehead atoms. The molecule has 0 heterocycles. The molecule has 1 aromatic carbocycles. The number of nitrogens with zero attached hydrogens (tertiary/aromatic N) is 1. The van der Waals surface area contributed by atoms with Gasteiger partial charge in [-0.25, -0.2) is 0 Å². The Balaban J connectivity index is 2.75. The number of nitrogens with two attached hydrogens (primary N) is 1. The molecule has 0 radical (unpaired) electrons. The number of hydrogen-bond acceptors (Lipinski definition) is 3. The minimum absolute atomic E-state index is 0.0797. The van der Waals surface area contributed by atoms with Crippen LogP contribution in [0.3, 0.4) is 0 Å². The zero-order valence-corrected chi connectivity index (χ0v) is 12.8. The highest BCUT2D eigenvalue weighted by Gasteiger charge is 2.18. The van der Waals surface area contributed by atoms with Crippen molar-refractivity contribution in [3.05, 3.63) is 29.8 Å². The van der Waals surface area contributed by atoms with Crippen LogP contribution in [-0.2, 0) is 4.74 Å². The summed E-state index contributed by atoms with van der Waals surface area (Å²) in [6.45, 7) is 9.15. The van der Waals surface area contributed by atoms with Crippen LogP contribution in [0.4, 0.5) is 5.69 Å². The summed E-state index contributed by atoms with van der Waals surface area (Å²) in [5.74, 6) is 0. The van der Waals surface area contributed by atoms with Crippen molar-refractivity contribution in [3.63, 3.8) is 0 Å². The Labute approximate surface area is 117 Å². The molecule has 1 rings (SSSR count). The van der Waals surface area contributed by atoms with E-state index in [-0.39, 0.29) is 5.60 Å². The highest BCUT2D eigenvalue weighted by atomic mass is 16.5. The molecule has 0 saturated carbocycles. The fourth-order valence-corrected chi connectivity index (χ4v) is 2.06. The first-order valence-corrected chi connectivity index (χ1v) is 7.06. The molecule has 19 heavy (non-hydrogen) atoms.